The van der Waals surface area contributed by atoms with Gasteiger partial charge in [-0.2, -0.15) is 0 Å². The Morgan fingerprint density at radius 1 is 1.23 bits per heavy atom. The molecule has 2 rings (SSSR count). The summed E-state index contributed by atoms with van der Waals surface area (Å²) in [6.45, 7) is 2.89. The Bertz CT molecular complexity index is 661. The van der Waals surface area contributed by atoms with Gasteiger partial charge in [0.2, 0.25) is 5.91 Å². The summed E-state index contributed by atoms with van der Waals surface area (Å²) in [7, 11) is 0. The van der Waals surface area contributed by atoms with Gasteiger partial charge in [0.05, 0.1) is 0 Å². The third-order valence-electron chi connectivity index (χ3n) is 3.26. The molecule has 1 amide bonds. The van der Waals surface area contributed by atoms with Crippen molar-refractivity contribution in [2.75, 3.05) is 11.9 Å². The van der Waals surface area contributed by atoms with Crippen molar-refractivity contribution >= 4 is 27.5 Å². The van der Waals surface area contributed by atoms with Crippen LogP contribution < -0.4 is 10.6 Å². The van der Waals surface area contributed by atoms with Gasteiger partial charge in [-0.05, 0) is 30.7 Å². The molecule has 0 bridgehead atoms. The van der Waals surface area contributed by atoms with E-state index in [2.05, 4.69) is 26.6 Å². The van der Waals surface area contributed by atoms with Crippen molar-refractivity contribution in [2.24, 2.45) is 0 Å². The number of carbonyl (C=O) groups excluding carboxylic acids is 1. The van der Waals surface area contributed by atoms with Crippen molar-refractivity contribution in [3.63, 3.8) is 0 Å². The summed E-state index contributed by atoms with van der Waals surface area (Å²) in [6, 6.07) is 12.3. The zero-order valence-electron chi connectivity index (χ0n) is 12.3. The molecule has 0 fully saturated rings. The van der Waals surface area contributed by atoms with Crippen LogP contribution in [0.4, 0.5) is 10.1 Å². The van der Waals surface area contributed by atoms with Crippen molar-refractivity contribution in [1.29, 1.82) is 0 Å². The Kier molecular flexibility index (Phi) is 6.10. The van der Waals surface area contributed by atoms with E-state index in [9.17, 15) is 9.18 Å². The number of nitrogens with one attached hydrogen (secondary N) is 2. The van der Waals surface area contributed by atoms with Crippen LogP contribution in [0.15, 0.2) is 46.9 Å². The number of carbonyl (C=O) groups is 1. The zero-order chi connectivity index (χ0) is 15.9. The second-order valence-corrected chi connectivity index (χ2v) is 5.88. The Hall–Kier alpha value is -1.72. The molecule has 3 nitrogen and oxygen atoms in total. The summed E-state index contributed by atoms with van der Waals surface area (Å²) < 4.78 is 14.4. The number of anilines is 1. The van der Waals surface area contributed by atoms with Crippen LogP contribution in [0.25, 0.3) is 0 Å². The largest absolute Gasteiger partial charge is 0.326 e. The SMILES string of the molecule is Cc1ccc(NC(=O)CCNCc2ccccc2F)cc1Br. The van der Waals surface area contributed by atoms with Crippen LogP contribution in [0.5, 0.6) is 0 Å². The molecule has 2 N–H and O–H groups in total. The minimum atomic E-state index is -0.232. The molecular weight excluding hydrogens is 347 g/mol. The van der Waals surface area contributed by atoms with Gasteiger partial charge < -0.3 is 10.6 Å². The average molecular weight is 365 g/mol. The lowest BCUT2D eigenvalue weighted by atomic mass is 10.2. The fraction of sp³-hybridized carbons (Fsp3) is 0.235. The molecule has 0 atom stereocenters. The summed E-state index contributed by atoms with van der Waals surface area (Å²) in [6.07, 6.45) is 0.333. The van der Waals surface area contributed by atoms with E-state index >= 15 is 0 Å². The fourth-order valence-electron chi connectivity index (χ4n) is 1.96. The first-order valence-corrected chi connectivity index (χ1v) is 7.85. The molecule has 0 radical (unpaired) electrons. The van der Waals surface area contributed by atoms with Crippen molar-refractivity contribution in [3.8, 4) is 0 Å². The van der Waals surface area contributed by atoms with Crippen LogP contribution in [-0.2, 0) is 11.3 Å². The topological polar surface area (TPSA) is 41.1 Å². The second-order valence-electron chi connectivity index (χ2n) is 5.03. The molecule has 0 aliphatic carbocycles. The van der Waals surface area contributed by atoms with Gasteiger partial charge in [0.15, 0.2) is 0 Å². The molecule has 0 aromatic heterocycles. The predicted octanol–water partition coefficient (Wildman–Crippen LogP) is 4.02. The molecule has 2 aromatic rings. The number of rotatable bonds is 6. The average Bonchev–Trinajstić information content (AvgIpc) is 2.49. The summed E-state index contributed by atoms with van der Waals surface area (Å²) in [5.41, 5.74) is 2.48. The molecule has 0 heterocycles. The minimum Gasteiger partial charge on any atom is -0.326 e. The maximum atomic E-state index is 13.4. The Morgan fingerprint density at radius 3 is 2.73 bits per heavy atom. The standard InChI is InChI=1S/C17H18BrFN2O/c1-12-6-7-14(10-15(12)18)21-17(22)8-9-20-11-13-4-2-3-5-16(13)19/h2-7,10,20H,8-9,11H2,1H3,(H,21,22). The monoisotopic (exact) mass is 364 g/mol. The van der Waals surface area contributed by atoms with Gasteiger partial charge in [-0.25, -0.2) is 4.39 Å². The number of hydrogen-bond acceptors (Lipinski definition) is 2. The predicted molar refractivity (Wildman–Crippen MR) is 90.2 cm³/mol. The summed E-state index contributed by atoms with van der Waals surface area (Å²) in [5.74, 6) is -0.305. The smallest absolute Gasteiger partial charge is 0.225 e. The maximum absolute atomic E-state index is 13.4. The maximum Gasteiger partial charge on any atom is 0.225 e. The molecule has 0 saturated carbocycles. The van der Waals surface area contributed by atoms with E-state index in [-0.39, 0.29) is 11.7 Å². The third kappa shape index (κ3) is 4.93. The van der Waals surface area contributed by atoms with Crippen molar-refractivity contribution in [1.82, 2.24) is 5.32 Å². The van der Waals surface area contributed by atoms with E-state index in [4.69, 9.17) is 0 Å². The van der Waals surface area contributed by atoms with Crippen molar-refractivity contribution in [2.45, 2.75) is 19.9 Å². The molecule has 5 heteroatoms. The normalized spacial score (nSPS) is 10.5. The molecule has 0 aliphatic heterocycles. The molecule has 0 aliphatic rings. The van der Waals surface area contributed by atoms with E-state index in [0.29, 0.717) is 25.1 Å². The highest BCUT2D eigenvalue weighted by molar-refractivity contribution is 9.10. The van der Waals surface area contributed by atoms with Crippen LogP contribution in [-0.4, -0.2) is 12.5 Å². The summed E-state index contributed by atoms with van der Waals surface area (Å²) in [4.78, 5) is 11.8. The fourth-order valence-corrected chi connectivity index (χ4v) is 2.34. The molecule has 116 valence electrons. The van der Waals surface area contributed by atoms with Crippen molar-refractivity contribution in [3.05, 3.63) is 63.9 Å². The number of hydrogen-bond donors (Lipinski definition) is 2. The number of aryl methyl sites for hydroxylation is 1. The van der Waals surface area contributed by atoms with Crippen LogP contribution in [0.3, 0.4) is 0 Å². The molecule has 22 heavy (non-hydrogen) atoms. The van der Waals surface area contributed by atoms with E-state index in [0.717, 1.165) is 15.7 Å². The van der Waals surface area contributed by atoms with E-state index in [1.54, 1.807) is 18.2 Å². The molecule has 2 aromatic carbocycles. The highest BCUT2D eigenvalue weighted by Crippen LogP contribution is 2.20. The summed E-state index contributed by atoms with van der Waals surface area (Å²) >= 11 is 3.43. The first kappa shape index (κ1) is 16.6. The lowest BCUT2D eigenvalue weighted by molar-refractivity contribution is -0.116. The highest BCUT2D eigenvalue weighted by atomic mass is 79.9. The highest BCUT2D eigenvalue weighted by Gasteiger charge is 2.04. The van der Waals surface area contributed by atoms with Gasteiger partial charge >= 0.3 is 0 Å². The Labute approximate surface area is 138 Å². The number of benzene rings is 2. The lowest BCUT2D eigenvalue weighted by Crippen LogP contribution is -2.21. The second kappa shape index (κ2) is 8.06. The molecule has 0 saturated heterocycles. The van der Waals surface area contributed by atoms with Gasteiger partial charge in [-0.3, -0.25) is 4.79 Å². The van der Waals surface area contributed by atoms with Gasteiger partial charge in [0, 0.05) is 35.2 Å². The minimum absolute atomic E-state index is 0.0724. The first-order valence-electron chi connectivity index (χ1n) is 7.06. The number of amides is 1. The van der Waals surface area contributed by atoms with Gasteiger partial charge in [-0.15, -0.1) is 0 Å². The van der Waals surface area contributed by atoms with Gasteiger partial charge in [-0.1, -0.05) is 40.2 Å². The summed E-state index contributed by atoms with van der Waals surface area (Å²) in [5, 5.41) is 5.91. The van der Waals surface area contributed by atoms with Crippen LogP contribution in [0.2, 0.25) is 0 Å². The van der Waals surface area contributed by atoms with Crippen LogP contribution >= 0.6 is 15.9 Å². The molecule has 0 spiro atoms. The lowest BCUT2D eigenvalue weighted by Gasteiger charge is -2.08. The van der Waals surface area contributed by atoms with Gasteiger partial charge in [0.25, 0.3) is 0 Å². The van der Waals surface area contributed by atoms with Crippen molar-refractivity contribution < 1.29 is 9.18 Å². The van der Waals surface area contributed by atoms with Crippen LogP contribution in [0.1, 0.15) is 17.5 Å². The Morgan fingerprint density at radius 2 is 2.00 bits per heavy atom. The third-order valence-corrected chi connectivity index (χ3v) is 4.11. The zero-order valence-corrected chi connectivity index (χ0v) is 13.9. The van der Waals surface area contributed by atoms with E-state index in [1.807, 2.05) is 25.1 Å². The van der Waals surface area contributed by atoms with E-state index in [1.165, 1.54) is 6.07 Å². The van der Waals surface area contributed by atoms with Gasteiger partial charge in [0.1, 0.15) is 5.82 Å². The molecule has 0 unspecified atom stereocenters. The number of halogens is 2. The van der Waals surface area contributed by atoms with Crippen LogP contribution in [0, 0.1) is 12.7 Å². The Balaban J connectivity index is 1.74. The molecular formula is C17H18BrFN2O. The first-order chi connectivity index (χ1) is 10.6. The quantitative estimate of drug-likeness (QED) is 0.760. The van der Waals surface area contributed by atoms with E-state index < -0.39 is 0 Å².